The third-order valence-corrected chi connectivity index (χ3v) is 2.99. The van der Waals surface area contributed by atoms with E-state index in [0.29, 0.717) is 0 Å². The number of rotatable bonds is 3. The van der Waals surface area contributed by atoms with Gasteiger partial charge < -0.3 is 4.74 Å². The number of esters is 1. The summed E-state index contributed by atoms with van der Waals surface area (Å²) in [5.41, 5.74) is 2.32. The highest BCUT2D eigenvalue weighted by Gasteiger charge is 2.37. The summed E-state index contributed by atoms with van der Waals surface area (Å²) in [4.78, 5) is 11.3. The van der Waals surface area contributed by atoms with E-state index in [1.165, 1.54) is 0 Å². The molecule has 1 aliphatic heterocycles. The number of carbonyl (C=O) groups excluding carboxylic acids is 1. The highest BCUT2D eigenvalue weighted by Crippen LogP contribution is 2.37. The van der Waals surface area contributed by atoms with Crippen LogP contribution in [-0.4, -0.2) is 5.97 Å². The van der Waals surface area contributed by atoms with Crippen LogP contribution in [0.15, 0.2) is 36.1 Å². The van der Waals surface area contributed by atoms with Gasteiger partial charge in [-0.1, -0.05) is 44.2 Å². The van der Waals surface area contributed by atoms with Crippen molar-refractivity contribution in [1.29, 1.82) is 0 Å². The standard InChI is InChI=1S/C14H16O2/c1-3-11(10-8-6-5-7-9-10)13-12(4-2)14(15)16-13/h5-9,12H,3-4H2,1-2H3/b13-11-. The van der Waals surface area contributed by atoms with Gasteiger partial charge in [0.05, 0.1) is 0 Å². The van der Waals surface area contributed by atoms with Crippen LogP contribution in [0, 0.1) is 5.92 Å². The molecule has 0 N–H and O–H groups in total. The molecule has 0 spiro atoms. The van der Waals surface area contributed by atoms with Gasteiger partial charge in [0, 0.05) is 0 Å². The van der Waals surface area contributed by atoms with E-state index in [9.17, 15) is 4.79 Å². The Bertz CT molecular complexity index is 418. The van der Waals surface area contributed by atoms with Crippen LogP contribution >= 0.6 is 0 Å². The maximum Gasteiger partial charge on any atom is 0.321 e. The Labute approximate surface area is 95.9 Å². The minimum Gasteiger partial charge on any atom is -0.429 e. The quantitative estimate of drug-likeness (QED) is 0.724. The monoisotopic (exact) mass is 216 g/mol. The zero-order valence-corrected chi connectivity index (χ0v) is 9.69. The van der Waals surface area contributed by atoms with Crippen LogP contribution in [-0.2, 0) is 9.53 Å². The van der Waals surface area contributed by atoms with Crippen molar-refractivity contribution in [2.24, 2.45) is 5.92 Å². The fraction of sp³-hybridized carbons (Fsp3) is 0.357. The molecule has 0 aliphatic carbocycles. The molecule has 2 rings (SSSR count). The third kappa shape index (κ3) is 1.75. The summed E-state index contributed by atoms with van der Waals surface area (Å²) < 4.78 is 5.19. The average Bonchev–Trinajstić information content (AvgIpc) is 2.31. The SMILES string of the molecule is CC/C(=C1/OC(=O)C1CC)c1ccccc1. The summed E-state index contributed by atoms with van der Waals surface area (Å²) in [5.74, 6) is 0.774. The molecule has 1 unspecified atom stereocenters. The molecule has 1 aliphatic rings. The molecular weight excluding hydrogens is 200 g/mol. The molecule has 84 valence electrons. The highest BCUT2D eigenvalue weighted by molar-refractivity contribution is 5.88. The molecule has 1 saturated heterocycles. The third-order valence-electron chi connectivity index (χ3n) is 2.99. The van der Waals surface area contributed by atoms with Crippen molar-refractivity contribution < 1.29 is 9.53 Å². The fourth-order valence-electron chi connectivity index (χ4n) is 2.08. The number of cyclic esters (lactones) is 1. The molecule has 0 aromatic heterocycles. The van der Waals surface area contributed by atoms with Crippen LogP contribution in [0.5, 0.6) is 0 Å². The number of hydrogen-bond donors (Lipinski definition) is 0. The number of allylic oxidation sites excluding steroid dienone is 1. The summed E-state index contributed by atoms with van der Waals surface area (Å²) in [6, 6.07) is 10.1. The van der Waals surface area contributed by atoms with Gasteiger partial charge in [-0.05, 0) is 24.0 Å². The lowest BCUT2D eigenvalue weighted by Crippen LogP contribution is -2.32. The summed E-state index contributed by atoms with van der Waals surface area (Å²) in [5, 5.41) is 0. The van der Waals surface area contributed by atoms with E-state index in [1.54, 1.807) is 0 Å². The first kappa shape index (κ1) is 10.9. The molecule has 2 nitrogen and oxygen atoms in total. The van der Waals surface area contributed by atoms with Crippen LogP contribution in [0.3, 0.4) is 0 Å². The van der Waals surface area contributed by atoms with Gasteiger partial charge in [0.25, 0.3) is 0 Å². The van der Waals surface area contributed by atoms with Crippen molar-refractivity contribution in [3.63, 3.8) is 0 Å². The lowest BCUT2D eigenvalue weighted by molar-refractivity contribution is -0.156. The maximum absolute atomic E-state index is 11.3. The van der Waals surface area contributed by atoms with E-state index in [-0.39, 0.29) is 11.9 Å². The molecule has 16 heavy (non-hydrogen) atoms. The van der Waals surface area contributed by atoms with Gasteiger partial charge in [-0.15, -0.1) is 0 Å². The van der Waals surface area contributed by atoms with Crippen LogP contribution in [0.2, 0.25) is 0 Å². The van der Waals surface area contributed by atoms with Crippen LogP contribution < -0.4 is 0 Å². The zero-order chi connectivity index (χ0) is 11.5. The maximum atomic E-state index is 11.3. The van der Waals surface area contributed by atoms with E-state index < -0.39 is 0 Å². The first-order valence-corrected chi connectivity index (χ1v) is 5.78. The minimum atomic E-state index is -0.0839. The normalized spacial score (nSPS) is 22.4. The summed E-state index contributed by atoms with van der Waals surface area (Å²) in [6.45, 7) is 4.11. The number of hydrogen-bond acceptors (Lipinski definition) is 2. The lowest BCUT2D eigenvalue weighted by atomic mass is 9.91. The van der Waals surface area contributed by atoms with Crippen LogP contribution in [0.1, 0.15) is 32.3 Å². The molecule has 2 heteroatoms. The van der Waals surface area contributed by atoms with Crippen molar-refractivity contribution in [1.82, 2.24) is 0 Å². The first-order valence-electron chi connectivity index (χ1n) is 5.78. The predicted molar refractivity (Wildman–Crippen MR) is 63.5 cm³/mol. The van der Waals surface area contributed by atoms with Gasteiger partial charge in [-0.3, -0.25) is 4.79 Å². The molecule has 1 heterocycles. The molecule has 1 aromatic carbocycles. The Morgan fingerprint density at radius 2 is 1.94 bits per heavy atom. The average molecular weight is 216 g/mol. The molecule has 0 amide bonds. The van der Waals surface area contributed by atoms with E-state index >= 15 is 0 Å². The summed E-state index contributed by atoms with van der Waals surface area (Å²) >= 11 is 0. The van der Waals surface area contributed by atoms with Crippen molar-refractivity contribution in [2.75, 3.05) is 0 Å². The Morgan fingerprint density at radius 1 is 1.25 bits per heavy atom. The fourth-order valence-corrected chi connectivity index (χ4v) is 2.08. The molecular formula is C14H16O2. The number of benzene rings is 1. The Kier molecular flexibility index (Phi) is 3.09. The Hall–Kier alpha value is -1.57. The Morgan fingerprint density at radius 3 is 2.44 bits per heavy atom. The van der Waals surface area contributed by atoms with Gasteiger partial charge in [0.1, 0.15) is 11.7 Å². The molecule has 0 bridgehead atoms. The molecule has 1 aromatic rings. The largest absolute Gasteiger partial charge is 0.429 e. The first-order chi connectivity index (χ1) is 7.77. The summed E-state index contributed by atoms with van der Waals surface area (Å²) in [6.07, 6.45) is 1.72. The second kappa shape index (κ2) is 4.52. The van der Waals surface area contributed by atoms with Gasteiger partial charge >= 0.3 is 5.97 Å². The topological polar surface area (TPSA) is 26.3 Å². The van der Waals surface area contributed by atoms with Crippen LogP contribution in [0.25, 0.3) is 5.57 Å². The summed E-state index contributed by atoms with van der Waals surface area (Å²) in [7, 11) is 0. The van der Waals surface area contributed by atoms with Crippen molar-refractivity contribution in [3.8, 4) is 0 Å². The predicted octanol–water partition coefficient (Wildman–Crippen LogP) is 3.39. The van der Waals surface area contributed by atoms with E-state index in [4.69, 9.17) is 4.74 Å². The molecule has 1 atom stereocenters. The van der Waals surface area contributed by atoms with Crippen molar-refractivity contribution >= 4 is 11.5 Å². The van der Waals surface area contributed by atoms with Crippen molar-refractivity contribution in [3.05, 3.63) is 41.7 Å². The molecule has 0 radical (unpaired) electrons. The van der Waals surface area contributed by atoms with Gasteiger partial charge in [-0.2, -0.15) is 0 Å². The lowest BCUT2D eigenvalue weighted by Gasteiger charge is -2.29. The Balaban J connectivity index is 2.37. The minimum absolute atomic E-state index is 0.0184. The highest BCUT2D eigenvalue weighted by atomic mass is 16.6. The molecule has 0 saturated carbocycles. The zero-order valence-electron chi connectivity index (χ0n) is 9.69. The van der Waals surface area contributed by atoms with E-state index in [0.717, 1.165) is 29.7 Å². The van der Waals surface area contributed by atoms with E-state index in [1.807, 2.05) is 25.1 Å². The number of ether oxygens (including phenoxy) is 1. The number of carbonyl (C=O) groups is 1. The van der Waals surface area contributed by atoms with E-state index in [2.05, 4.69) is 19.1 Å². The van der Waals surface area contributed by atoms with Crippen molar-refractivity contribution in [2.45, 2.75) is 26.7 Å². The van der Waals surface area contributed by atoms with Gasteiger partial charge in [0.15, 0.2) is 0 Å². The molecule has 1 fully saturated rings. The smallest absolute Gasteiger partial charge is 0.321 e. The van der Waals surface area contributed by atoms with Gasteiger partial charge in [0.2, 0.25) is 0 Å². The van der Waals surface area contributed by atoms with Crippen LogP contribution in [0.4, 0.5) is 0 Å². The second-order valence-electron chi connectivity index (χ2n) is 3.94. The van der Waals surface area contributed by atoms with Gasteiger partial charge in [-0.25, -0.2) is 0 Å². The second-order valence-corrected chi connectivity index (χ2v) is 3.94.